The maximum absolute atomic E-state index is 9.93. The van der Waals surface area contributed by atoms with Crippen LogP contribution in [0.4, 0.5) is 0 Å². The lowest BCUT2D eigenvalue weighted by atomic mass is 9.56. The van der Waals surface area contributed by atoms with E-state index in [-0.39, 0.29) is 11.5 Å². The molecule has 2 unspecified atom stereocenters. The summed E-state index contributed by atoms with van der Waals surface area (Å²) < 4.78 is 0.867. The molecular formula is C10H22NO+. The van der Waals surface area contributed by atoms with Crippen LogP contribution in [-0.2, 0) is 0 Å². The molecule has 0 radical (unpaired) electrons. The number of aliphatic hydroxyl groups is 1. The molecule has 1 aliphatic carbocycles. The average molecular weight is 172 g/mol. The van der Waals surface area contributed by atoms with Gasteiger partial charge in [-0.05, 0) is 0 Å². The van der Waals surface area contributed by atoms with Crippen LogP contribution < -0.4 is 0 Å². The quantitative estimate of drug-likeness (QED) is 0.587. The van der Waals surface area contributed by atoms with Crippen molar-refractivity contribution >= 4 is 0 Å². The highest BCUT2D eigenvalue weighted by molar-refractivity contribution is 5.02. The summed E-state index contributed by atoms with van der Waals surface area (Å²) in [6.45, 7) is 6.53. The molecule has 1 N–H and O–H groups in total. The van der Waals surface area contributed by atoms with Gasteiger partial charge in [-0.25, -0.2) is 0 Å². The molecule has 0 spiro atoms. The lowest BCUT2D eigenvalue weighted by molar-refractivity contribution is -0.915. The Hall–Kier alpha value is -0.0800. The fourth-order valence-corrected chi connectivity index (χ4v) is 2.40. The molecule has 0 aromatic carbocycles. The molecule has 0 aromatic rings. The van der Waals surface area contributed by atoms with Gasteiger partial charge in [-0.3, -0.25) is 0 Å². The summed E-state index contributed by atoms with van der Waals surface area (Å²) in [5, 5.41) is 9.93. The van der Waals surface area contributed by atoms with E-state index in [1.807, 2.05) is 0 Å². The summed E-state index contributed by atoms with van der Waals surface area (Å²) in [6.07, 6.45) is -0.146. The normalized spacial score (nSPS) is 40.8. The SMILES string of the molecule is CC1C([N+](C)(C)C)[C@H](O)C1(C)C. The third kappa shape index (κ3) is 1.17. The van der Waals surface area contributed by atoms with Crippen molar-refractivity contribution in [2.45, 2.75) is 32.9 Å². The van der Waals surface area contributed by atoms with Crippen LogP contribution in [0.1, 0.15) is 20.8 Å². The molecule has 12 heavy (non-hydrogen) atoms. The topological polar surface area (TPSA) is 20.2 Å². The van der Waals surface area contributed by atoms with Crippen molar-refractivity contribution in [3.63, 3.8) is 0 Å². The number of quaternary nitrogens is 1. The minimum absolute atomic E-state index is 0.107. The molecule has 0 aliphatic heterocycles. The molecule has 0 bridgehead atoms. The number of aliphatic hydroxyl groups excluding tert-OH is 1. The second-order valence-electron chi connectivity index (χ2n) is 5.66. The first-order valence-corrected chi connectivity index (χ1v) is 4.68. The van der Waals surface area contributed by atoms with E-state index in [4.69, 9.17) is 0 Å². The van der Waals surface area contributed by atoms with E-state index in [1.54, 1.807) is 0 Å². The Labute approximate surface area is 75.8 Å². The second kappa shape index (κ2) is 2.46. The summed E-state index contributed by atoms with van der Waals surface area (Å²) in [6, 6.07) is 0.403. The van der Waals surface area contributed by atoms with Gasteiger partial charge in [0.05, 0.1) is 21.1 Å². The number of rotatable bonds is 1. The van der Waals surface area contributed by atoms with Gasteiger partial charge in [0.25, 0.3) is 0 Å². The smallest absolute Gasteiger partial charge is 0.118 e. The van der Waals surface area contributed by atoms with Gasteiger partial charge in [0.1, 0.15) is 12.1 Å². The van der Waals surface area contributed by atoms with Gasteiger partial charge in [0.15, 0.2) is 0 Å². The molecule has 3 atom stereocenters. The summed E-state index contributed by atoms with van der Waals surface area (Å²) in [7, 11) is 6.46. The van der Waals surface area contributed by atoms with Gasteiger partial charge in [0.2, 0.25) is 0 Å². The summed E-state index contributed by atoms with van der Waals surface area (Å²) >= 11 is 0. The molecule has 72 valence electrons. The standard InChI is InChI=1S/C10H22NO/c1-7-8(11(4,5)6)9(12)10(7,2)3/h7-9,12H,1-6H3/q+1/t7?,8?,9-/m0/s1. The van der Waals surface area contributed by atoms with E-state index in [1.165, 1.54) is 0 Å². The molecule has 0 aromatic heterocycles. The first-order valence-electron chi connectivity index (χ1n) is 4.68. The molecule has 0 saturated heterocycles. The Morgan fingerprint density at radius 3 is 1.75 bits per heavy atom. The lowest BCUT2D eigenvalue weighted by Gasteiger charge is -2.58. The predicted molar refractivity (Wildman–Crippen MR) is 50.8 cm³/mol. The van der Waals surface area contributed by atoms with Crippen molar-refractivity contribution in [2.75, 3.05) is 21.1 Å². The van der Waals surface area contributed by atoms with Crippen molar-refractivity contribution in [2.24, 2.45) is 11.3 Å². The summed E-state index contributed by atoms with van der Waals surface area (Å²) in [4.78, 5) is 0. The van der Waals surface area contributed by atoms with Crippen LogP contribution in [0.25, 0.3) is 0 Å². The Kier molecular flexibility index (Phi) is 2.05. The Morgan fingerprint density at radius 1 is 1.17 bits per heavy atom. The minimum atomic E-state index is -0.146. The first-order chi connectivity index (χ1) is 5.19. The van der Waals surface area contributed by atoms with Crippen LogP contribution in [0.2, 0.25) is 0 Å². The molecule has 2 nitrogen and oxygen atoms in total. The lowest BCUT2D eigenvalue weighted by Crippen LogP contribution is -2.70. The van der Waals surface area contributed by atoms with Crippen molar-refractivity contribution in [3.05, 3.63) is 0 Å². The van der Waals surface area contributed by atoms with Crippen LogP contribution in [0.15, 0.2) is 0 Å². The molecule has 0 heterocycles. The summed E-state index contributed by atoms with van der Waals surface area (Å²) in [5.74, 6) is 0.604. The van der Waals surface area contributed by atoms with Gasteiger partial charge in [-0.15, -0.1) is 0 Å². The van der Waals surface area contributed by atoms with E-state index < -0.39 is 0 Å². The van der Waals surface area contributed by atoms with Gasteiger partial charge in [0, 0.05) is 11.3 Å². The number of likely N-dealkylation sites (N-methyl/N-ethyl adjacent to an activating group) is 1. The monoisotopic (exact) mass is 172 g/mol. The average Bonchev–Trinajstić information content (AvgIpc) is 1.85. The van der Waals surface area contributed by atoms with Crippen molar-refractivity contribution < 1.29 is 9.59 Å². The van der Waals surface area contributed by atoms with Gasteiger partial charge in [-0.1, -0.05) is 20.8 Å². The van der Waals surface area contributed by atoms with Crippen LogP contribution >= 0.6 is 0 Å². The Balaban J connectivity index is 2.76. The maximum atomic E-state index is 9.93. The fraction of sp³-hybridized carbons (Fsp3) is 1.00. The van der Waals surface area contributed by atoms with Crippen LogP contribution in [0, 0.1) is 11.3 Å². The molecule has 2 heteroatoms. The van der Waals surface area contributed by atoms with E-state index in [0.29, 0.717) is 12.0 Å². The van der Waals surface area contributed by atoms with Crippen molar-refractivity contribution in [1.29, 1.82) is 0 Å². The second-order valence-corrected chi connectivity index (χ2v) is 5.66. The predicted octanol–water partition coefficient (Wildman–Crippen LogP) is 1.10. The Morgan fingerprint density at radius 2 is 1.58 bits per heavy atom. The van der Waals surface area contributed by atoms with E-state index >= 15 is 0 Å². The highest BCUT2D eigenvalue weighted by atomic mass is 16.3. The maximum Gasteiger partial charge on any atom is 0.118 e. The first kappa shape index (κ1) is 10.0. The third-order valence-corrected chi connectivity index (χ3v) is 3.67. The van der Waals surface area contributed by atoms with Crippen molar-refractivity contribution in [3.8, 4) is 0 Å². The molecule has 1 rings (SSSR count). The van der Waals surface area contributed by atoms with E-state index in [0.717, 1.165) is 4.48 Å². The zero-order valence-corrected chi connectivity index (χ0v) is 9.13. The minimum Gasteiger partial charge on any atom is -0.386 e. The van der Waals surface area contributed by atoms with E-state index in [9.17, 15) is 5.11 Å². The highest BCUT2D eigenvalue weighted by Gasteiger charge is 2.59. The largest absolute Gasteiger partial charge is 0.386 e. The van der Waals surface area contributed by atoms with Crippen LogP contribution in [0.5, 0.6) is 0 Å². The number of hydrogen-bond acceptors (Lipinski definition) is 1. The highest BCUT2D eigenvalue weighted by Crippen LogP contribution is 2.49. The van der Waals surface area contributed by atoms with Gasteiger partial charge in [-0.2, -0.15) is 0 Å². The number of nitrogens with zero attached hydrogens (tertiary/aromatic N) is 1. The molecule has 0 amide bonds. The van der Waals surface area contributed by atoms with E-state index in [2.05, 4.69) is 41.9 Å². The third-order valence-electron chi connectivity index (χ3n) is 3.67. The zero-order valence-electron chi connectivity index (χ0n) is 9.13. The van der Waals surface area contributed by atoms with Crippen molar-refractivity contribution in [1.82, 2.24) is 0 Å². The van der Waals surface area contributed by atoms with Gasteiger partial charge >= 0.3 is 0 Å². The van der Waals surface area contributed by atoms with Crippen LogP contribution in [0.3, 0.4) is 0 Å². The fourth-order valence-electron chi connectivity index (χ4n) is 2.40. The summed E-state index contributed by atoms with van der Waals surface area (Å²) in [5.41, 5.74) is 0.107. The molecule has 1 saturated carbocycles. The molecule has 1 fully saturated rings. The molecular weight excluding hydrogens is 150 g/mol. The van der Waals surface area contributed by atoms with Crippen LogP contribution in [-0.4, -0.2) is 42.9 Å². The zero-order chi connectivity index (χ0) is 9.73. The van der Waals surface area contributed by atoms with Gasteiger partial charge < -0.3 is 9.59 Å². The Bertz CT molecular complexity index is 169. The molecule has 1 aliphatic rings. The number of hydrogen-bond donors (Lipinski definition) is 1.